The zero-order valence-electron chi connectivity index (χ0n) is 10.8. The molecule has 0 aliphatic heterocycles. The van der Waals surface area contributed by atoms with Gasteiger partial charge in [-0.15, -0.1) is 6.42 Å². The summed E-state index contributed by atoms with van der Waals surface area (Å²) in [6.07, 6.45) is 5.63. The van der Waals surface area contributed by atoms with Gasteiger partial charge in [0.15, 0.2) is 0 Å². The maximum Gasteiger partial charge on any atom is 0.339 e. The Bertz CT molecular complexity index is 543. The fourth-order valence-corrected chi connectivity index (χ4v) is 1.73. The molecule has 1 aromatic carbocycles. The van der Waals surface area contributed by atoms with Gasteiger partial charge >= 0.3 is 5.97 Å². The maximum atomic E-state index is 11.2. The van der Waals surface area contributed by atoms with Crippen LogP contribution in [0.3, 0.4) is 0 Å². The average Bonchev–Trinajstić information content (AvgIpc) is 2.35. The van der Waals surface area contributed by atoms with Gasteiger partial charge in [0, 0.05) is 18.2 Å². The van der Waals surface area contributed by atoms with Gasteiger partial charge in [-0.1, -0.05) is 12.8 Å². The number of hydrogen-bond acceptors (Lipinski definition) is 3. The van der Waals surface area contributed by atoms with Gasteiger partial charge in [-0.25, -0.2) is 4.79 Å². The molecule has 19 heavy (non-hydrogen) atoms. The highest BCUT2D eigenvalue weighted by molar-refractivity contribution is 5.95. The van der Waals surface area contributed by atoms with Crippen LogP contribution in [0.25, 0.3) is 0 Å². The Hall–Kier alpha value is -2.48. The van der Waals surface area contributed by atoms with E-state index in [4.69, 9.17) is 16.3 Å². The summed E-state index contributed by atoms with van der Waals surface area (Å²) in [5.41, 5.74) is 1.18. The van der Waals surface area contributed by atoms with Gasteiger partial charge in [0.25, 0.3) is 0 Å². The summed E-state index contributed by atoms with van der Waals surface area (Å²) in [6.45, 7) is 3.19. The number of anilines is 1. The number of carboxylic acids is 1. The van der Waals surface area contributed by atoms with Crippen LogP contribution in [0.1, 0.15) is 29.8 Å². The molecular formula is C14H15NO4. The first-order chi connectivity index (χ1) is 9.01. The summed E-state index contributed by atoms with van der Waals surface area (Å²) in [5.74, 6) is 1.16. The number of aromatic carboxylic acids is 1. The molecule has 0 saturated heterocycles. The lowest BCUT2D eigenvalue weighted by atomic mass is 10.0. The quantitative estimate of drug-likeness (QED) is 0.794. The topological polar surface area (TPSA) is 75.6 Å². The molecule has 0 spiro atoms. The molecule has 5 nitrogen and oxygen atoms in total. The molecule has 0 saturated carbocycles. The Balaban J connectivity index is 3.36. The van der Waals surface area contributed by atoms with Crippen molar-refractivity contribution in [3.63, 3.8) is 0 Å². The van der Waals surface area contributed by atoms with Gasteiger partial charge in [0.05, 0.1) is 0 Å². The van der Waals surface area contributed by atoms with Crippen molar-refractivity contribution < 1.29 is 19.4 Å². The number of rotatable bonds is 5. The highest BCUT2D eigenvalue weighted by Crippen LogP contribution is 2.31. The minimum absolute atomic E-state index is 0.0289. The van der Waals surface area contributed by atoms with E-state index < -0.39 is 5.97 Å². The normalized spacial score (nSPS) is 9.53. The van der Waals surface area contributed by atoms with Crippen LogP contribution in [0.2, 0.25) is 0 Å². The molecule has 0 aliphatic carbocycles. The van der Waals surface area contributed by atoms with Gasteiger partial charge < -0.3 is 15.2 Å². The molecule has 100 valence electrons. The van der Waals surface area contributed by atoms with Crippen molar-refractivity contribution in [2.75, 3.05) is 11.9 Å². The van der Waals surface area contributed by atoms with E-state index in [2.05, 4.69) is 11.2 Å². The van der Waals surface area contributed by atoms with E-state index in [1.165, 1.54) is 13.0 Å². The van der Waals surface area contributed by atoms with Crippen LogP contribution in [0, 0.1) is 12.3 Å². The first-order valence-corrected chi connectivity index (χ1v) is 5.74. The Kier molecular flexibility index (Phi) is 4.95. The number of hydrogen-bond donors (Lipinski definition) is 2. The lowest BCUT2D eigenvalue weighted by Gasteiger charge is -2.16. The second kappa shape index (κ2) is 6.45. The third-order valence-corrected chi connectivity index (χ3v) is 2.46. The Morgan fingerprint density at radius 1 is 1.47 bits per heavy atom. The smallest absolute Gasteiger partial charge is 0.339 e. The van der Waals surface area contributed by atoms with Gasteiger partial charge in [-0.05, 0) is 18.6 Å². The molecular weight excluding hydrogens is 246 g/mol. The molecule has 0 aliphatic rings. The highest BCUT2D eigenvalue weighted by Gasteiger charge is 2.18. The zero-order valence-corrected chi connectivity index (χ0v) is 10.8. The summed E-state index contributed by atoms with van der Waals surface area (Å²) in [5, 5.41) is 11.8. The van der Waals surface area contributed by atoms with Gasteiger partial charge in [-0.2, -0.15) is 0 Å². The molecule has 1 rings (SSSR count). The molecule has 0 bridgehead atoms. The van der Waals surface area contributed by atoms with Crippen LogP contribution < -0.4 is 10.1 Å². The number of nitrogens with one attached hydrogen (secondary N) is 1. The van der Waals surface area contributed by atoms with Crippen LogP contribution >= 0.6 is 0 Å². The van der Waals surface area contributed by atoms with Crippen LogP contribution in [0.4, 0.5) is 5.69 Å². The second-order valence-corrected chi connectivity index (χ2v) is 3.80. The number of terminal acetylenes is 1. The van der Waals surface area contributed by atoms with E-state index >= 15 is 0 Å². The molecule has 0 heterocycles. The fourth-order valence-electron chi connectivity index (χ4n) is 1.73. The molecule has 0 atom stereocenters. The predicted molar refractivity (Wildman–Crippen MR) is 71.4 cm³/mol. The summed E-state index contributed by atoms with van der Waals surface area (Å²) in [6, 6.07) is 2.94. The standard InChI is InChI=1S/C14H15NO4/c1-4-8-19-13-10(5-2)12(15-9(3)16)7-6-11(13)14(17)18/h1,6-7H,5,8H2,2-3H3,(H,15,16)(H,17,18). The third kappa shape index (κ3) is 3.49. The second-order valence-electron chi connectivity index (χ2n) is 3.80. The molecule has 5 heteroatoms. The molecule has 1 amide bonds. The Labute approximate surface area is 111 Å². The van der Waals surface area contributed by atoms with Gasteiger partial charge in [-0.3, -0.25) is 4.79 Å². The summed E-state index contributed by atoms with van der Waals surface area (Å²) < 4.78 is 5.32. The lowest BCUT2D eigenvalue weighted by Crippen LogP contribution is -2.12. The Morgan fingerprint density at radius 3 is 2.63 bits per heavy atom. The van der Waals surface area contributed by atoms with E-state index in [0.717, 1.165) is 0 Å². The van der Waals surface area contributed by atoms with Crippen molar-refractivity contribution in [2.24, 2.45) is 0 Å². The van der Waals surface area contributed by atoms with Crippen LogP contribution in [-0.2, 0) is 11.2 Å². The number of carboxylic acid groups (broad SMARTS) is 1. The van der Waals surface area contributed by atoms with Crippen molar-refractivity contribution in [3.05, 3.63) is 23.3 Å². The van der Waals surface area contributed by atoms with E-state index in [1.807, 2.05) is 6.92 Å². The number of benzene rings is 1. The Morgan fingerprint density at radius 2 is 2.16 bits per heavy atom. The third-order valence-electron chi connectivity index (χ3n) is 2.46. The first-order valence-electron chi connectivity index (χ1n) is 5.74. The fraction of sp³-hybridized carbons (Fsp3) is 0.286. The first kappa shape index (κ1) is 14.6. The van der Waals surface area contributed by atoms with Crippen molar-refractivity contribution in [2.45, 2.75) is 20.3 Å². The predicted octanol–water partition coefficient (Wildman–Crippen LogP) is 1.92. The number of carbonyl (C=O) groups excluding carboxylic acids is 1. The molecule has 0 radical (unpaired) electrons. The van der Waals surface area contributed by atoms with Crippen molar-refractivity contribution >= 4 is 17.6 Å². The van der Waals surface area contributed by atoms with E-state index in [1.54, 1.807) is 6.07 Å². The van der Waals surface area contributed by atoms with Crippen molar-refractivity contribution in [1.82, 2.24) is 0 Å². The molecule has 2 N–H and O–H groups in total. The van der Waals surface area contributed by atoms with Gasteiger partial charge in [0.1, 0.15) is 17.9 Å². The molecule has 0 aromatic heterocycles. The van der Waals surface area contributed by atoms with E-state index in [0.29, 0.717) is 17.7 Å². The molecule has 0 fully saturated rings. The minimum Gasteiger partial charge on any atom is -0.480 e. The summed E-state index contributed by atoms with van der Waals surface area (Å²) in [7, 11) is 0. The zero-order chi connectivity index (χ0) is 14.4. The summed E-state index contributed by atoms with van der Waals surface area (Å²) >= 11 is 0. The number of carbonyl (C=O) groups is 2. The van der Waals surface area contributed by atoms with Crippen LogP contribution in [-0.4, -0.2) is 23.6 Å². The molecule has 1 aromatic rings. The summed E-state index contributed by atoms with van der Waals surface area (Å²) in [4.78, 5) is 22.3. The number of amides is 1. The minimum atomic E-state index is -1.10. The van der Waals surface area contributed by atoms with Gasteiger partial charge in [0.2, 0.25) is 5.91 Å². The van der Waals surface area contributed by atoms with Crippen molar-refractivity contribution in [3.8, 4) is 18.1 Å². The van der Waals surface area contributed by atoms with Crippen LogP contribution in [0.15, 0.2) is 12.1 Å². The lowest BCUT2D eigenvalue weighted by molar-refractivity contribution is -0.114. The monoisotopic (exact) mass is 261 g/mol. The largest absolute Gasteiger partial charge is 0.480 e. The number of ether oxygens (including phenoxy) is 1. The van der Waals surface area contributed by atoms with Crippen LogP contribution in [0.5, 0.6) is 5.75 Å². The van der Waals surface area contributed by atoms with E-state index in [9.17, 15) is 9.59 Å². The maximum absolute atomic E-state index is 11.2. The average molecular weight is 261 g/mol. The highest BCUT2D eigenvalue weighted by atomic mass is 16.5. The SMILES string of the molecule is C#CCOc1c(C(=O)O)ccc(NC(C)=O)c1CC. The van der Waals surface area contributed by atoms with Crippen molar-refractivity contribution in [1.29, 1.82) is 0 Å². The molecule has 0 unspecified atom stereocenters. The van der Waals surface area contributed by atoms with E-state index in [-0.39, 0.29) is 23.8 Å².